The Balaban J connectivity index is 1.94. The zero-order valence-corrected chi connectivity index (χ0v) is 11.7. The maximum atomic E-state index is 13.2. The summed E-state index contributed by atoms with van der Waals surface area (Å²) in [5, 5.41) is 2.84. The van der Waals surface area contributed by atoms with Crippen molar-refractivity contribution in [3.63, 3.8) is 0 Å². The lowest BCUT2D eigenvalue weighted by atomic mass is 10.2. The Morgan fingerprint density at radius 2 is 1.80 bits per heavy atom. The molecule has 0 saturated carbocycles. The number of hydrogen-bond donors (Lipinski definition) is 1. The van der Waals surface area contributed by atoms with Gasteiger partial charge in [-0.2, -0.15) is 0 Å². The van der Waals surface area contributed by atoms with Crippen LogP contribution >= 0.6 is 0 Å². The first-order chi connectivity index (χ1) is 9.47. The van der Waals surface area contributed by atoms with Crippen molar-refractivity contribution in [3.05, 3.63) is 29.8 Å². The van der Waals surface area contributed by atoms with Crippen molar-refractivity contribution >= 4 is 11.7 Å². The van der Waals surface area contributed by atoms with E-state index in [4.69, 9.17) is 0 Å². The predicted octanol–water partition coefficient (Wildman–Crippen LogP) is 2.20. The van der Waals surface area contributed by atoms with Crippen molar-refractivity contribution in [1.82, 2.24) is 10.2 Å². The Labute approximate surface area is 117 Å². The molecule has 6 heteroatoms. The van der Waals surface area contributed by atoms with Gasteiger partial charge in [0.15, 0.2) is 11.6 Å². The first-order valence-electron chi connectivity index (χ1n) is 6.73. The number of piperazine rings is 1. The molecule has 110 valence electrons. The van der Waals surface area contributed by atoms with E-state index >= 15 is 0 Å². The topological polar surface area (TPSA) is 35.6 Å². The molecule has 1 aliphatic rings. The minimum absolute atomic E-state index is 0.0788. The van der Waals surface area contributed by atoms with E-state index in [-0.39, 0.29) is 12.1 Å². The van der Waals surface area contributed by atoms with Crippen molar-refractivity contribution in [1.29, 1.82) is 0 Å². The molecule has 0 atom stereocenters. The van der Waals surface area contributed by atoms with Crippen LogP contribution in [0.3, 0.4) is 0 Å². The average Bonchev–Trinajstić information content (AvgIpc) is 2.41. The van der Waals surface area contributed by atoms with Crippen molar-refractivity contribution in [2.45, 2.75) is 19.9 Å². The number of amides is 2. The molecule has 0 radical (unpaired) electrons. The van der Waals surface area contributed by atoms with Gasteiger partial charge in [-0.05, 0) is 26.0 Å². The van der Waals surface area contributed by atoms with Gasteiger partial charge in [0.1, 0.15) is 0 Å². The summed E-state index contributed by atoms with van der Waals surface area (Å²) in [5.74, 6) is -1.69. The Hall–Kier alpha value is -1.85. The lowest BCUT2D eigenvalue weighted by molar-refractivity contribution is 0.192. The predicted molar refractivity (Wildman–Crippen MR) is 73.8 cm³/mol. The lowest BCUT2D eigenvalue weighted by Crippen LogP contribution is -2.52. The highest BCUT2D eigenvalue weighted by Crippen LogP contribution is 2.19. The van der Waals surface area contributed by atoms with Gasteiger partial charge in [0.25, 0.3) is 0 Å². The number of rotatable bonds is 2. The van der Waals surface area contributed by atoms with Crippen molar-refractivity contribution in [2.24, 2.45) is 0 Å². The number of carbonyl (C=O) groups is 1. The molecule has 1 heterocycles. The highest BCUT2D eigenvalue weighted by molar-refractivity contribution is 5.74. The molecule has 0 unspecified atom stereocenters. The Bertz CT molecular complexity index is 485. The van der Waals surface area contributed by atoms with Crippen LogP contribution in [0.15, 0.2) is 18.2 Å². The molecule has 0 bridgehead atoms. The molecular formula is C14H19F2N3O. The number of benzene rings is 1. The first kappa shape index (κ1) is 14.6. The largest absolute Gasteiger partial charge is 0.368 e. The van der Waals surface area contributed by atoms with Gasteiger partial charge in [-0.15, -0.1) is 0 Å². The second kappa shape index (κ2) is 6.07. The number of nitrogens with one attached hydrogen (secondary N) is 1. The van der Waals surface area contributed by atoms with Gasteiger partial charge in [-0.25, -0.2) is 13.6 Å². The zero-order valence-electron chi connectivity index (χ0n) is 11.7. The lowest BCUT2D eigenvalue weighted by Gasteiger charge is -2.36. The summed E-state index contributed by atoms with van der Waals surface area (Å²) < 4.78 is 26.1. The second-order valence-corrected chi connectivity index (χ2v) is 5.18. The van der Waals surface area contributed by atoms with Gasteiger partial charge in [0, 0.05) is 44.0 Å². The van der Waals surface area contributed by atoms with Crippen molar-refractivity contribution in [3.8, 4) is 0 Å². The summed E-state index contributed by atoms with van der Waals surface area (Å²) in [5.41, 5.74) is 0.646. The number of halogens is 2. The molecule has 20 heavy (non-hydrogen) atoms. The smallest absolute Gasteiger partial charge is 0.317 e. The second-order valence-electron chi connectivity index (χ2n) is 5.18. The third-order valence-corrected chi connectivity index (χ3v) is 3.25. The molecule has 1 aromatic carbocycles. The van der Waals surface area contributed by atoms with Gasteiger partial charge < -0.3 is 15.1 Å². The summed E-state index contributed by atoms with van der Waals surface area (Å²) >= 11 is 0. The number of carbonyl (C=O) groups excluding carboxylic acids is 1. The van der Waals surface area contributed by atoms with Crippen molar-refractivity contribution < 1.29 is 13.6 Å². The van der Waals surface area contributed by atoms with Crippen LogP contribution in [0.4, 0.5) is 19.3 Å². The molecule has 0 aromatic heterocycles. The van der Waals surface area contributed by atoms with Crippen molar-refractivity contribution in [2.75, 3.05) is 31.1 Å². The molecule has 4 nitrogen and oxygen atoms in total. The van der Waals surface area contributed by atoms with Crippen LogP contribution in [0, 0.1) is 11.6 Å². The minimum Gasteiger partial charge on any atom is -0.368 e. The highest BCUT2D eigenvalue weighted by Gasteiger charge is 2.22. The molecule has 2 rings (SSSR count). The fraction of sp³-hybridized carbons (Fsp3) is 0.500. The normalized spacial score (nSPS) is 15.7. The molecule has 1 aromatic rings. The Kier molecular flexibility index (Phi) is 4.42. The molecule has 2 amide bonds. The fourth-order valence-electron chi connectivity index (χ4n) is 2.19. The SMILES string of the molecule is CC(C)NC(=O)N1CCN(c2ccc(F)c(F)c2)CC1. The first-order valence-corrected chi connectivity index (χ1v) is 6.73. The summed E-state index contributed by atoms with van der Waals surface area (Å²) in [6.45, 7) is 6.17. The maximum Gasteiger partial charge on any atom is 0.317 e. The van der Waals surface area contributed by atoms with Gasteiger partial charge in [0.05, 0.1) is 0 Å². The standard InChI is InChI=1S/C14H19F2N3O/c1-10(2)17-14(20)19-7-5-18(6-8-19)11-3-4-12(15)13(16)9-11/h3-4,9-10H,5-8H2,1-2H3,(H,17,20). The summed E-state index contributed by atoms with van der Waals surface area (Å²) in [7, 11) is 0. The fourth-order valence-corrected chi connectivity index (χ4v) is 2.19. The molecule has 0 spiro atoms. The van der Waals surface area contributed by atoms with E-state index in [1.165, 1.54) is 6.07 Å². The van der Waals surface area contributed by atoms with Crippen LogP contribution in [-0.2, 0) is 0 Å². The Morgan fingerprint density at radius 1 is 1.15 bits per heavy atom. The monoisotopic (exact) mass is 283 g/mol. The number of hydrogen-bond acceptors (Lipinski definition) is 2. The van der Waals surface area contributed by atoms with E-state index in [1.54, 1.807) is 11.0 Å². The number of nitrogens with zero attached hydrogens (tertiary/aromatic N) is 2. The quantitative estimate of drug-likeness (QED) is 0.903. The summed E-state index contributed by atoms with van der Waals surface area (Å²) in [4.78, 5) is 15.5. The molecule has 1 N–H and O–H groups in total. The van der Waals surface area contributed by atoms with E-state index in [0.29, 0.717) is 31.9 Å². The third-order valence-electron chi connectivity index (χ3n) is 3.25. The van der Waals surface area contributed by atoms with E-state index in [0.717, 1.165) is 6.07 Å². The van der Waals surface area contributed by atoms with Crippen LogP contribution < -0.4 is 10.2 Å². The molecular weight excluding hydrogens is 264 g/mol. The molecule has 1 aliphatic heterocycles. The van der Waals surface area contributed by atoms with Crippen LogP contribution in [0.25, 0.3) is 0 Å². The van der Waals surface area contributed by atoms with Crippen LogP contribution in [0.2, 0.25) is 0 Å². The van der Waals surface area contributed by atoms with E-state index in [2.05, 4.69) is 5.32 Å². The van der Waals surface area contributed by atoms with Crippen LogP contribution in [0.5, 0.6) is 0 Å². The molecule has 0 aliphatic carbocycles. The third kappa shape index (κ3) is 3.37. The van der Waals surface area contributed by atoms with Gasteiger partial charge >= 0.3 is 6.03 Å². The van der Waals surface area contributed by atoms with Gasteiger partial charge in [0.2, 0.25) is 0 Å². The zero-order chi connectivity index (χ0) is 14.7. The average molecular weight is 283 g/mol. The van der Waals surface area contributed by atoms with E-state index < -0.39 is 11.6 Å². The number of urea groups is 1. The van der Waals surface area contributed by atoms with Crippen LogP contribution in [0.1, 0.15) is 13.8 Å². The van der Waals surface area contributed by atoms with E-state index in [9.17, 15) is 13.6 Å². The summed E-state index contributed by atoms with van der Waals surface area (Å²) in [6, 6.07) is 3.90. The number of anilines is 1. The molecule has 1 saturated heterocycles. The van der Waals surface area contributed by atoms with Crippen LogP contribution in [-0.4, -0.2) is 43.2 Å². The Morgan fingerprint density at radius 3 is 2.35 bits per heavy atom. The highest BCUT2D eigenvalue weighted by atomic mass is 19.2. The van der Waals surface area contributed by atoms with E-state index in [1.807, 2.05) is 18.7 Å². The van der Waals surface area contributed by atoms with Gasteiger partial charge in [-0.1, -0.05) is 0 Å². The minimum atomic E-state index is -0.845. The van der Waals surface area contributed by atoms with Gasteiger partial charge in [-0.3, -0.25) is 0 Å². The molecule has 1 fully saturated rings. The maximum absolute atomic E-state index is 13.2. The summed E-state index contributed by atoms with van der Waals surface area (Å²) in [6.07, 6.45) is 0.